The molecule has 3 aromatic rings. The largest absolute Gasteiger partial charge is 0.490 e. The number of ether oxygens (including phenoxy) is 2. The van der Waals surface area contributed by atoms with Crippen LogP contribution in [-0.4, -0.2) is 44.7 Å². The fourth-order valence-electron chi connectivity index (χ4n) is 3.89. The third-order valence-corrected chi connectivity index (χ3v) is 5.43. The Bertz CT molecular complexity index is 1180. The van der Waals surface area contributed by atoms with E-state index in [4.69, 9.17) is 9.47 Å². The molecule has 8 heteroatoms. The first-order chi connectivity index (χ1) is 14.6. The minimum Gasteiger partial charge on any atom is -0.490 e. The van der Waals surface area contributed by atoms with E-state index in [1.54, 1.807) is 38.7 Å². The fraction of sp³-hybridized carbons (Fsp3) is 0.318. The molecule has 4 heterocycles. The van der Waals surface area contributed by atoms with Crippen LogP contribution in [0.15, 0.2) is 47.7 Å². The van der Waals surface area contributed by atoms with Gasteiger partial charge < -0.3 is 23.5 Å². The van der Waals surface area contributed by atoms with E-state index >= 15 is 0 Å². The maximum absolute atomic E-state index is 13.1. The molecule has 2 aliphatic rings. The number of rotatable bonds is 3. The van der Waals surface area contributed by atoms with Gasteiger partial charge in [-0.3, -0.25) is 9.59 Å². The molecule has 154 valence electrons. The van der Waals surface area contributed by atoms with Crippen molar-refractivity contribution in [3.8, 4) is 17.2 Å². The molecule has 2 aliphatic heterocycles. The zero-order valence-corrected chi connectivity index (χ0v) is 16.7. The zero-order chi connectivity index (χ0) is 20.7. The predicted molar refractivity (Wildman–Crippen MR) is 109 cm³/mol. The number of hydrogen-bond acceptors (Lipinski definition) is 5. The molecule has 0 radical (unpaired) electrons. The summed E-state index contributed by atoms with van der Waals surface area (Å²) in [5.41, 5.74) is 2.50. The predicted octanol–water partition coefficient (Wildman–Crippen LogP) is 2.16. The molecular formula is C22H22N4O4. The molecule has 0 saturated heterocycles. The van der Waals surface area contributed by atoms with Gasteiger partial charge in [0.05, 0.1) is 25.2 Å². The maximum Gasteiger partial charge on any atom is 0.275 e. The van der Waals surface area contributed by atoms with Gasteiger partial charge >= 0.3 is 0 Å². The number of fused-ring (bicyclic) bond motifs is 2. The first kappa shape index (κ1) is 18.5. The number of amides is 1. The van der Waals surface area contributed by atoms with Crippen LogP contribution in [0.5, 0.6) is 11.5 Å². The van der Waals surface area contributed by atoms with E-state index in [1.807, 2.05) is 25.1 Å². The van der Waals surface area contributed by atoms with Gasteiger partial charge in [0, 0.05) is 32.3 Å². The van der Waals surface area contributed by atoms with Gasteiger partial charge in [-0.25, -0.2) is 4.98 Å². The fourth-order valence-corrected chi connectivity index (χ4v) is 3.89. The van der Waals surface area contributed by atoms with E-state index in [-0.39, 0.29) is 11.5 Å². The summed E-state index contributed by atoms with van der Waals surface area (Å²) in [4.78, 5) is 31.9. The van der Waals surface area contributed by atoms with Crippen molar-refractivity contribution >= 4 is 5.91 Å². The second kappa shape index (κ2) is 7.37. The van der Waals surface area contributed by atoms with Crippen molar-refractivity contribution in [3.63, 3.8) is 0 Å². The first-order valence-corrected chi connectivity index (χ1v) is 10.0. The van der Waals surface area contributed by atoms with Crippen LogP contribution >= 0.6 is 0 Å². The van der Waals surface area contributed by atoms with Crippen LogP contribution in [0.3, 0.4) is 0 Å². The summed E-state index contributed by atoms with van der Waals surface area (Å²) in [7, 11) is 0. The lowest BCUT2D eigenvalue weighted by atomic mass is 10.1. The number of aryl methyl sites for hydroxylation is 1. The van der Waals surface area contributed by atoms with Gasteiger partial charge in [-0.1, -0.05) is 6.07 Å². The quantitative estimate of drug-likeness (QED) is 0.666. The van der Waals surface area contributed by atoms with Gasteiger partial charge in [-0.05, 0) is 36.8 Å². The lowest BCUT2D eigenvalue weighted by molar-refractivity contribution is 0.0686. The molecule has 5 rings (SSSR count). The van der Waals surface area contributed by atoms with E-state index in [2.05, 4.69) is 4.98 Å². The molecule has 0 fully saturated rings. The SMILES string of the molecule is Cc1cn(-c2ccc3n(c2=O)CCN(Cc2ccc4c(c2)OCCCO4)C3=O)cn1. The van der Waals surface area contributed by atoms with Crippen LogP contribution in [0.25, 0.3) is 5.69 Å². The number of nitrogens with zero attached hydrogens (tertiary/aromatic N) is 4. The van der Waals surface area contributed by atoms with Crippen LogP contribution in [0.2, 0.25) is 0 Å². The van der Waals surface area contributed by atoms with Crippen LogP contribution in [0, 0.1) is 6.92 Å². The maximum atomic E-state index is 13.1. The molecule has 0 N–H and O–H groups in total. The second-order valence-corrected chi connectivity index (χ2v) is 7.54. The highest BCUT2D eigenvalue weighted by Crippen LogP contribution is 2.31. The summed E-state index contributed by atoms with van der Waals surface area (Å²) in [5.74, 6) is 1.30. The van der Waals surface area contributed by atoms with Crippen molar-refractivity contribution in [2.45, 2.75) is 26.4 Å². The van der Waals surface area contributed by atoms with Gasteiger partial charge in [0.15, 0.2) is 11.5 Å². The van der Waals surface area contributed by atoms with Crippen LogP contribution in [0.1, 0.15) is 28.2 Å². The van der Waals surface area contributed by atoms with E-state index in [1.165, 1.54) is 0 Å². The van der Waals surface area contributed by atoms with Gasteiger partial charge in [-0.15, -0.1) is 0 Å². The molecule has 2 aromatic heterocycles. The Kier molecular flexibility index (Phi) is 4.54. The first-order valence-electron chi connectivity index (χ1n) is 10.0. The Labute approximate surface area is 173 Å². The van der Waals surface area contributed by atoms with Gasteiger partial charge in [0.2, 0.25) is 0 Å². The number of aromatic nitrogens is 3. The molecule has 0 unspecified atom stereocenters. The minimum atomic E-state index is -0.187. The van der Waals surface area contributed by atoms with Crippen molar-refractivity contribution in [3.05, 3.63) is 70.2 Å². The van der Waals surface area contributed by atoms with Gasteiger partial charge in [0.1, 0.15) is 11.4 Å². The zero-order valence-electron chi connectivity index (χ0n) is 16.7. The van der Waals surface area contributed by atoms with Gasteiger partial charge in [0.25, 0.3) is 11.5 Å². The molecular weight excluding hydrogens is 384 g/mol. The Morgan fingerprint density at radius 1 is 1.03 bits per heavy atom. The van der Waals surface area contributed by atoms with Crippen molar-refractivity contribution in [1.82, 2.24) is 19.0 Å². The lowest BCUT2D eigenvalue weighted by Gasteiger charge is -2.30. The normalized spacial score (nSPS) is 15.6. The van der Waals surface area contributed by atoms with Crippen molar-refractivity contribution < 1.29 is 14.3 Å². The number of carbonyl (C=O) groups is 1. The Morgan fingerprint density at radius 3 is 2.67 bits per heavy atom. The number of hydrogen-bond donors (Lipinski definition) is 0. The summed E-state index contributed by atoms with van der Waals surface area (Å²) in [5, 5.41) is 0. The van der Waals surface area contributed by atoms with Crippen LogP contribution in [-0.2, 0) is 13.1 Å². The molecule has 1 aromatic carbocycles. The molecule has 0 saturated carbocycles. The number of carbonyl (C=O) groups excluding carboxylic acids is 1. The Balaban J connectivity index is 1.40. The van der Waals surface area contributed by atoms with E-state index in [0.29, 0.717) is 50.0 Å². The highest BCUT2D eigenvalue weighted by Gasteiger charge is 2.26. The molecule has 30 heavy (non-hydrogen) atoms. The van der Waals surface area contributed by atoms with E-state index < -0.39 is 0 Å². The third kappa shape index (κ3) is 3.24. The summed E-state index contributed by atoms with van der Waals surface area (Å²) >= 11 is 0. The number of benzene rings is 1. The molecule has 8 nitrogen and oxygen atoms in total. The molecule has 0 atom stereocenters. The summed E-state index contributed by atoms with van der Waals surface area (Å²) in [6, 6.07) is 9.17. The van der Waals surface area contributed by atoms with Crippen molar-refractivity contribution in [2.24, 2.45) is 0 Å². The summed E-state index contributed by atoms with van der Waals surface area (Å²) < 4.78 is 14.7. The number of imidazole rings is 1. The third-order valence-electron chi connectivity index (χ3n) is 5.43. The Morgan fingerprint density at radius 2 is 1.87 bits per heavy atom. The number of pyridine rings is 1. The van der Waals surface area contributed by atoms with Crippen molar-refractivity contribution in [2.75, 3.05) is 19.8 Å². The lowest BCUT2D eigenvalue weighted by Crippen LogP contribution is -2.44. The van der Waals surface area contributed by atoms with Crippen LogP contribution < -0.4 is 15.0 Å². The second-order valence-electron chi connectivity index (χ2n) is 7.54. The smallest absolute Gasteiger partial charge is 0.275 e. The van der Waals surface area contributed by atoms with Crippen molar-refractivity contribution in [1.29, 1.82) is 0 Å². The topological polar surface area (TPSA) is 78.6 Å². The summed E-state index contributed by atoms with van der Waals surface area (Å²) in [6.07, 6.45) is 4.26. The minimum absolute atomic E-state index is 0.154. The highest BCUT2D eigenvalue weighted by molar-refractivity contribution is 5.93. The highest BCUT2D eigenvalue weighted by atomic mass is 16.5. The standard InChI is InChI=1S/C22H22N4O4/c1-15-12-25(14-23-15)17-4-5-18-21(27)24(7-8-26(18)22(17)28)13-16-3-6-19-20(11-16)30-10-2-9-29-19/h3-6,11-12,14H,2,7-10,13H2,1H3. The van der Waals surface area contributed by atoms with E-state index in [0.717, 1.165) is 23.4 Å². The molecule has 0 aliphatic carbocycles. The van der Waals surface area contributed by atoms with E-state index in [9.17, 15) is 9.59 Å². The van der Waals surface area contributed by atoms with Crippen LogP contribution in [0.4, 0.5) is 0 Å². The molecule has 1 amide bonds. The monoisotopic (exact) mass is 406 g/mol. The molecule has 0 spiro atoms. The summed E-state index contributed by atoms with van der Waals surface area (Å²) in [6.45, 7) is 4.50. The molecule has 0 bridgehead atoms. The van der Waals surface area contributed by atoms with Gasteiger partial charge in [-0.2, -0.15) is 0 Å². The average molecular weight is 406 g/mol. The Hall–Kier alpha value is -3.55. The average Bonchev–Trinajstić information content (AvgIpc) is 3.03.